The zero-order valence-electron chi connectivity index (χ0n) is 13.0. The number of anilines is 1. The zero-order valence-corrected chi connectivity index (χ0v) is 13.0. The van der Waals surface area contributed by atoms with E-state index in [0.29, 0.717) is 11.5 Å². The first-order valence-corrected chi connectivity index (χ1v) is 7.94. The highest BCUT2D eigenvalue weighted by Crippen LogP contribution is 2.48. The molecule has 3 aromatic rings. The van der Waals surface area contributed by atoms with E-state index in [1.165, 1.54) is 5.56 Å². The topological polar surface area (TPSA) is 55.1 Å². The second-order valence-electron chi connectivity index (χ2n) is 6.36. The van der Waals surface area contributed by atoms with E-state index in [-0.39, 0.29) is 5.41 Å². The molecule has 0 radical (unpaired) electrons. The summed E-state index contributed by atoms with van der Waals surface area (Å²) in [5, 5.41) is 14.7. The first-order valence-electron chi connectivity index (χ1n) is 7.94. The van der Waals surface area contributed by atoms with Gasteiger partial charge >= 0.3 is 0 Å². The third kappa shape index (κ3) is 2.93. The molecular weight excluding hydrogens is 312 g/mol. The Bertz CT molecular complexity index is 843. The van der Waals surface area contributed by atoms with Gasteiger partial charge in [-0.2, -0.15) is 4.52 Å². The number of nitrogens with one attached hydrogen (secondary N) is 1. The fourth-order valence-corrected chi connectivity index (χ4v) is 2.94. The number of hydrogen-bond acceptors (Lipinski definition) is 4. The van der Waals surface area contributed by atoms with Crippen molar-refractivity contribution in [3.8, 4) is 0 Å². The number of nitrogens with zero attached hydrogens (tertiary/aromatic N) is 4. The molecule has 0 bridgehead atoms. The second-order valence-corrected chi connectivity index (χ2v) is 6.36. The highest BCUT2D eigenvalue weighted by molar-refractivity contribution is 5.44. The molecule has 5 nitrogen and oxygen atoms in total. The van der Waals surface area contributed by atoms with Crippen molar-refractivity contribution in [2.75, 3.05) is 11.9 Å². The Morgan fingerprint density at radius 1 is 1.08 bits per heavy atom. The first-order chi connectivity index (χ1) is 11.7. The van der Waals surface area contributed by atoms with Crippen LogP contribution in [-0.4, -0.2) is 26.4 Å². The average molecular weight is 329 g/mol. The molecule has 0 aliphatic heterocycles. The van der Waals surface area contributed by atoms with Gasteiger partial charge in [0.2, 0.25) is 5.82 Å². The number of benzene rings is 1. The van der Waals surface area contributed by atoms with Crippen LogP contribution in [0.1, 0.15) is 30.7 Å². The van der Waals surface area contributed by atoms with Crippen LogP contribution in [0.15, 0.2) is 42.5 Å². The minimum absolute atomic E-state index is 0.233. The van der Waals surface area contributed by atoms with Crippen molar-refractivity contribution < 1.29 is 8.78 Å². The highest BCUT2D eigenvalue weighted by atomic mass is 19.3. The molecule has 124 valence electrons. The standard InChI is InChI=1S/C17H17F2N5/c18-15(19)16-22-21-14-7-6-13(23-24(14)16)20-11-17(8-9-17)10-12-4-2-1-3-5-12/h1-7,15H,8-11H2,(H,20,23). The van der Waals surface area contributed by atoms with E-state index < -0.39 is 12.2 Å². The lowest BCUT2D eigenvalue weighted by molar-refractivity contribution is 0.137. The molecule has 1 aromatic carbocycles. The maximum absolute atomic E-state index is 12.9. The van der Waals surface area contributed by atoms with Crippen molar-refractivity contribution in [1.82, 2.24) is 19.8 Å². The van der Waals surface area contributed by atoms with E-state index in [4.69, 9.17) is 0 Å². The van der Waals surface area contributed by atoms with Gasteiger partial charge in [0, 0.05) is 6.54 Å². The third-order valence-electron chi connectivity index (χ3n) is 4.51. The molecule has 1 fully saturated rings. The summed E-state index contributed by atoms with van der Waals surface area (Å²) in [6.45, 7) is 0.770. The highest BCUT2D eigenvalue weighted by Gasteiger charge is 2.42. The minimum atomic E-state index is -2.70. The number of aromatic nitrogens is 4. The van der Waals surface area contributed by atoms with Crippen LogP contribution in [-0.2, 0) is 6.42 Å². The van der Waals surface area contributed by atoms with Crippen LogP contribution in [0.2, 0.25) is 0 Å². The smallest absolute Gasteiger partial charge is 0.299 e. The van der Waals surface area contributed by atoms with Gasteiger partial charge in [-0.1, -0.05) is 30.3 Å². The monoisotopic (exact) mass is 329 g/mol. The van der Waals surface area contributed by atoms with Gasteiger partial charge in [0.1, 0.15) is 5.82 Å². The van der Waals surface area contributed by atoms with Gasteiger partial charge in [-0.25, -0.2) is 8.78 Å². The van der Waals surface area contributed by atoms with Crippen LogP contribution in [0.5, 0.6) is 0 Å². The quantitative estimate of drug-likeness (QED) is 0.752. The van der Waals surface area contributed by atoms with Crippen molar-refractivity contribution in [2.45, 2.75) is 25.7 Å². The van der Waals surface area contributed by atoms with E-state index in [0.717, 1.165) is 30.3 Å². The predicted octanol–water partition coefficient (Wildman–Crippen LogP) is 3.50. The Morgan fingerprint density at radius 2 is 1.88 bits per heavy atom. The lowest BCUT2D eigenvalue weighted by atomic mass is 9.96. The zero-order chi connectivity index (χ0) is 16.6. The summed E-state index contributed by atoms with van der Waals surface area (Å²) in [6.07, 6.45) is 0.631. The van der Waals surface area contributed by atoms with Gasteiger partial charge in [0.15, 0.2) is 5.65 Å². The minimum Gasteiger partial charge on any atom is -0.368 e. The Balaban J connectivity index is 1.47. The van der Waals surface area contributed by atoms with Crippen molar-refractivity contribution in [1.29, 1.82) is 0 Å². The molecule has 0 saturated heterocycles. The molecule has 2 aromatic heterocycles. The number of rotatable bonds is 6. The molecule has 1 N–H and O–H groups in total. The second kappa shape index (κ2) is 5.81. The maximum Gasteiger partial charge on any atom is 0.299 e. The SMILES string of the molecule is FC(F)c1nnc2ccc(NCC3(Cc4ccccc4)CC3)nn12. The van der Waals surface area contributed by atoms with Crippen LogP contribution >= 0.6 is 0 Å². The summed E-state index contributed by atoms with van der Waals surface area (Å²) >= 11 is 0. The molecule has 0 amide bonds. The van der Waals surface area contributed by atoms with Gasteiger partial charge in [0.05, 0.1) is 0 Å². The Labute approximate surface area is 137 Å². The van der Waals surface area contributed by atoms with E-state index in [1.54, 1.807) is 12.1 Å². The predicted molar refractivity (Wildman–Crippen MR) is 86.0 cm³/mol. The van der Waals surface area contributed by atoms with Gasteiger partial charge in [-0.3, -0.25) is 0 Å². The molecule has 24 heavy (non-hydrogen) atoms. The van der Waals surface area contributed by atoms with Crippen molar-refractivity contribution in [3.63, 3.8) is 0 Å². The summed E-state index contributed by atoms with van der Waals surface area (Å²) in [6, 6.07) is 13.8. The molecule has 0 atom stereocenters. The van der Waals surface area contributed by atoms with Gasteiger partial charge in [-0.15, -0.1) is 15.3 Å². The molecule has 1 saturated carbocycles. The third-order valence-corrected chi connectivity index (χ3v) is 4.51. The summed E-state index contributed by atoms with van der Waals surface area (Å²) in [4.78, 5) is 0. The number of hydrogen-bond donors (Lipinski definition) is 1. The fraction of sp³-hybridized carbons (Fsp3) is 0.353. The van der Waals surface area contributed by atoms with Crippen molar-refractivity contribution in [2.24, 2.45) is 5.41 Å². The number of alkyl halides is 2. The molecule has 2 heterocycles. The summed E-state index contributed by atoms with van der Waals surface area (Å²) < 4.78 is 26.9. The normalized spacial score (nSPS) is 15.8. The van der Waals surface area contributed by atoms with Gasteiger partial charge < -0.3 is 5.32 Å². The molecule has 4 rings (SSSR count). The first kappa shape index (κ1) is 15.0. The van der Waals surface area contributed by atoms with Crippen LogP contribution in [0.4, 0.5) is 14.6 Å². The van der Waals surface area contributed by atoms with E-state index in [2.05, 4.69) is 32.7 Å². The summed E-state index contributed by atoms with van der Waals surface area (Å²) in [7, 11) is 0. The Morgan fingerprint density at radius 3 is 2.58 bits per heavy atom. The van der Waals surface area contributed by atoms with Crippen LogP contribution < -0.4 is 5.32 Å². The summed E-state index contributed by atoms with van der Waals surface area (Å²) in [5.74, 6) is 0.127. The summed E-state index contributed by atoms with van der Waals surface area (Å²) in [5.41, 5.74) is 1.87. The van der Waals surface area contributed by atoms with E-state index in [1.807, 2.05) is 18.2 Å². The van der Waals surface area contributed by atoms with Gasteiger partial charge in [-0.05, 0) is 42.4 Å². The van der Waals surface area contributed by atoms with Crippen molar-refractivity contribution in [3.05, 3.63) is 53.9 Å². The van der Waals surface area contributed by atoms with Crippen molar-refractivity contribution >= 4 is 11.5 Å². The maximum atomic E-state index is 12.9. The van der Waals surface area contributed by atoms with Crippen LogP contribution in [0, 0.1) is 5.41 Å². The molecule has 1 aliphatic rings. The van der Waals surface area contributed by atoms with Crippen LogP contribution in [0.3, 0.4) is 0 Å². The van der Waals surface area contributed by atoms with E-state index >= 15 is 0 Å². The lowest BCUT2D eigenvalue weighted by Gasteiger charge is -2.16. The largest absolute Gasteiger partial charge is 0.368 e. The average Bonchev–Trinajstić information content (AvgIpc) is 3.21. The number of halogens is 2. The Kier molecular flexibility index (Phi) is 3.63. The van der Waals surface area contributed by atoms with Gasteiger partial charge in [0.25, 0.3) is 6.43 Å². The molecule has 7 heteroatoms. The van der Waals surface area contributed by atoms with E-state index in [9.17, 15) is 8.78 Å². The lowest BCUT2D eigenvalue weighted by Crippen LogP contribution is -2.19. The number of fused-ring (bicyclic) bond motifs is 1. The Hall–Kier alpha value is -2.57. The molecule has 1 aliphatic carbocycles. The molecule has 0 spiro atoms. The fourth-order valence-electron chi connectivity index (χ4n) is 2.94. The van der Waals surface area contributed by atoms with Crippen LogP contribution in [0.25, 0.3) is 5.65 Å². The molecular formula is C17H17F2N5. The molecule has 0 unspecified atom stereocenters.